The fourth-order valence-electron chi connectivity index (χ4n) is 2.23. The van der Waals surface area contributed by atoms with Gasteiger partial charge in [-0.25, -0.2) is 9.38 Å². The number of hydrogen-bond acceptors (Lipinski definition) is 5. The Balaban J connectivity index is 1.73. The zero-order chi connectivity index (χ0) is 19.2. The van der Waals surface area contributed by atoms with Crippen LogP contribution < -0.4 is 10.1 Å². The van der Waals surface area contributed by atoms with Crippen molar-refractivity contribution >= 4 is 40.6 Å². The predicted octanol–water partition coefficient (Wildman–Crippen LogP) is 3.57. The molecule has 2 aromatic rings. The lowest BCUT2D eigenvalue weighted by Gasteiger charge is -2.05. The minimum absolute atomic E-state index is 0.0596. The van der Waals surface area contributed by atoms with E-state index in [1.54, 1.807) is 42.5 Å². The quantitative estimate of drug-likeness (QED) is 0.741. The summed E-state index contributed by atoms with van der Waals surface area (Å²) in [5, 5.41) is 11.5. The standard InChI is InChI=1S/C19H15FN2O4S/c20-14-6-1-2-7-15(14)21-19-22-18(25)16(27-19)11-12-4-3-5-13(10-12)26-9-8-17(23)24/h1-7,10-11H,8-9H2,(H,23,24)(H,21,22,25)/b16-11+. The van der Waals surface area contributed by atoms with Crippen LogP contribution in [0, 0.1) is 5.82 Å². The van der Waals surface area contributed by atoms with Gasteiger partial charge in [-0.15, -0.1) is 0 Å². The minimum Gasteiger partial charge on any atom is -0.493 e. The Morgan fingerprint density at radius 2 is 2.07 bits per heavy atom. The van der Waals surface area contributed by atoms with Crippen molar-refractivity contribution in [3.8, 4) is 5.75 Å². The van der Waals surface area contributed by atoms with Crippen molar-refractivity contribution in [1.82, 2.24) is 5.32 Å². The van der Waals surface area contributed by atoms with E-state index >= 15 is 0 Å². The van der Waals surface area contributed by atoms with Gasteiger partial charge in [0.1, 0.15) is 17.3 Å². The van der Waals surface area contributed by atoms with Crippen LogP contribution >= 0.6 is 11.8 Å². The summed E-state index contributed by atoms with van der Waals surface area (Å²) in [7, 11) is 0. The molecule has 8 heteroatoms. The average Bonchev–Trinajstić information content (AvgIpc) is 2.96. The third kappa shape index (κ3) is 5.18. The molecule has 6 nitrogen and oxygen atoms in total. The van der Waals surface area contributed by atoms with E-state index in [0.29, 0.717) is 21.4 Å². The van der Waals surface area contributed by atoms with Gasteiger partial charge in [0.2, 0.25) is 0 Å². The molecule has 0 aliphatic carbocycles. The van der Waals surface area contributed by atoms with Crippen LogP contribution in [0.5, 0.6) is 5.75 Å². The first-order valence-electron chi connectivity index (χ1n) is 8.00. The number of rotatable bonds is 6. The van der Waals surface area contributed by atoms with E-state index in [1.165, 1.54) is 12.1 Å². The van der Waals surface area contributed by atoms with Gasteiger partial charge in [-0.2, -0.15) is 0 Å². The van der Waals surface area contributed by atoms with Gasteiger partial charge >= 0.3 is 5.97 Å². The van der Waals surface area contributed by atoms with Crippen molar-refractivity contribution < 1.29 is 23.8 Å². The van der Waals surface area contributed by atoms with E-state index in [2.05, 4.69) is 10.3 Å². The SMILES string of the molecule is O=C(O)CCOc1cccc(/C=C2/SC(=Nc3ccccc3F)NC2=O)c1. The number of carboxylic acid groups (broad SMARTS) is 1. The number of nitrogens with zero attached hydrogens (tertiary/aromatic N) is 1. The second kappa shape index (κ2) is 8.50. The molecule has 3 rings (SSSR count). The number of aliphatic carboxylic acids is 1. The number of ether oxygens (including phenoxy) is 1. The number of carbonyl (C=O) groups excluding carboxylic acids is 1. The number of para-hydroxylation sites is 1. The molecule has 1 fully saturated rings. The molecule has 27 heavy (non-hydrogen) atoms. The van der Waals surface area contributed by atoms with Gasteiger partial charge in [0.05, 0.1) is 17.9 Å². The van der Waals surface area contributed by atoms with Crippen LogP contribution in [0.15, 0.2) is 58.4 Å². The highest BCUT2D eigenvalue weighted by molar-refractivity contribution is 8.18. The molecule has 1 aliphatic rings. The fraction of sp³-hybridized carbons (Fsp3) is 0.105. The molecular formula is C19H15FN2O4S. The first-order chi connectivity index (χ1) is 13.0. The molecule has 1 heterocycles. The molecule has 0 bridgehead atoms. The molecular weight excluding hydrogens is 371 g/mol. The van der Waals surface area contributed by atoms with Crippen molar-refractivity contribution in [1.29, 1.82) is 0 Å². The summed E-state index contributed by atoms with van der Waals surface area (Å²) in [5.74, 6) is -1.22. The maximum absolute atomic E-state index is 13.7. The normalized spacial score (nSPS) is 16.6. The summed E-state index contributed by atoms with van der Waals surface area (Å²) in [4.78, 5) is 27.2. The monoisotopic (exact) mass is 386 g/mol. The van der Waals surface area contributed by atoms with E-state index in [4.69, 9.17) is 9.84 Å². The highest BCUT2D eigenvalue weighted by Gasteiger charge is 2.24. The molecule has 1 saturated heterocycles. The maximum atomic E-state index is 13.7. The van der Waals surface area contributed by atoms with Gasteiger partial charge in [0, 0.05) is 0 Å². The summed E-state index contributed by atoms with van der Waals surface area (Å²) in [6.45, 7) is 0.0596. The number of carbonyl (C=O) groups is 2. The van der Waals surface area contributed by atoms with E-state index in [0.717, 1.165) is 11.8 Å². The second-order valence-electron chi connectivity index (χ2n) is 5.50. The predicted molar refractivity (Wildman–Crippen MR) is 101 cm³/mol. The molecule has 0 spiro atoms. The van der Waals surface area contributed by atoms with Crippen molar-refractivity contribution in [3.63, 3.8) is 0 Å². The summed E-state index contributed by atoms with van der Waals surface area (Å²) >= 11 is 1.11. The number of nitrogens with one attached hydrogen (secondary N) is 1. The summed E-state index contributed by atoms with van der Waals surface area (Å²) in [6, 6.07) is 13.0. The van der Waals surface area contributed by atoms with Crippen LogP contribution in [0.4, 0.5) is 10.1 Å². The van der Waals surface area contributed by atoms with Gasteiger partial charge in [-0.1, -0.05) is 24.3 Å². The number of aliphatic imine (C=N–C) groups is 1. The number of amidine groups is 1. The van der Waals surface area contributed by atoms with Gasteiger partial charge in [0.15, 0.2) is 5.17 Å². The number of thioether (sulfide) groups is 1. The zero-order valence-electron chi connectivity index (χ0n) is 14.0. The average molecular weight is 386 g/mol. The molecule has 0 radical (unpaired) electrons. The Morgan fingerprint density at radius 3 is 2.85 bits per heavy atom. The van der Waals surface area contributed by atoms with E-state index in [9.17, 15) is 14.0 Å². The van der Waals surface area contributed by atoms with Crippen molar-refractivity contribution in [2.75, 3.05) is 6.61 Å². The Hall–Kier alpha value is -3.13. The first-order valence-corrected chi connectivity index (χ1v) is 8.82. The third-order valence-electron chi connectivity index (χ3n) is 3.47. The molecule has 1 aliphatic heterocycles. The van der Waals surface area contributed by atoms with Gasteiger partial charge in [0.25, 0.3) is 5.91 Å². The molecule has 1 amide bonds. The van der Waals surface area contributed by atoms with Crippen LogP contribution in [-0.4, -0.2) is 28.8 Å². The van der Waals surface area contributed by atoms with Gasteiger partial charge < -0.3 is 15.2 Å². The van der Waals surface area contributed by atoms with E-state index in [-0.39, 0.29) is 24.6 Å². The number of hydrogen-bond donors (Lipinski definition) is 2. The molecule has 0 saturated carbocycles. The summed E-state index contributed by atoms with van der Waals surface area (Å²) in [5.41, 5.74) is 0.864. The lowest BCUT2D eigenvalue weighted by molar-refractivity contribution is -0.137. The van der Waals surface area contributed by atoms with Crippen LogP contribution in [0.1, 0.15) is 12.0 Å². The van der Waals surface area contributed by atoms with Gasteiger partial charge in [-0.05, 0) is 47.7 Å². The largest absolute Gasteiger partial charge is 0.493 e. The van der Waals surface area contributed by atoms with Crippen LogP contribution in [0.25, 0.3) is 6.08 Å². The maximum Gasteiger partial charge on any atom is 0.306 e. The fourth-order valence-corrected chi connectivity index (χ4v) is 3.07. The van der Waals surface area contributed by atoms with Crippen LogP contribution in [-0.2, 0) is 9.59 Å². The number of carboxylic acids is 1. The highest BCUT2D eigenvalue weighted by Crippen LogP contribution is 2.29. The molecule has 2 N–H and O–H groups in total. The number of halogens is 1. The lowest BCUT2D eigenvalue weighted by Crippen LogP contribution is -2.19. The smallest absolute Gasteiger partial charge is 0.306 e. The lowest BCUT2D eigenvalue weighted by atomic mass is 10.2. The van der Waals surface area contributed by atoms with E-state index in [1.807, 2.05) is 0 Å². The summed E-state index contributed by atoms with van der Waals surface area (Å²) < 4.78 is 19.1. The van der Waals surface area contributed by atoms with Crippen LogP contribution in [0.2, 0.25) is 0 Å². The summed E-state index contributed by atoms with van der Waals surface area (Å²) in [6.07, 6.45) is 1.56. The Morgan fingerprint density at radius 1 is 1.26 bits per heavy atom. The first kappa shape index (κ1) is 18.7. The molecule has 2 aromatic carbocycles. The second-order valence-corrected chi connectivity index (χ2v) is 6.53. The zero-order valence-corrected chi connectivity index (χ0v) is 14.8. The highest BCUT2D eigenvalue weighted by atomic mass is 32.2. The molecule has 0 atom stereocenters. The van der Waals surface area contributed by atoms with E-state index < -0.39 is 11.8 Å². The number of benzene rings is 2. The Labute approximate surface area is 158 Å². The van der Waals surface area contributed by atoms with Crippen molar-refractivity contribution in [2.24, 2.45) is 4.99 Å². The van der Waals surface area contributed by atoms with Gasteiger partial charge in [-0.3, -0.25) is 9.59 Å². The Kier molecular flexibility index (Phi) is 5.87. The molecule has 0 aromatic heterocycles. The molecule has 138 valence electrons. The van der Waals surface area contributed by atoms with Crippen LogP contribution in [0.3, 0.4) is 0 Å². The number of amides is 1. The topological polar surface area (TPSA) is 88.0 Å². The molecule has 0 unspecified atom stereocenters. The van der Waals surface area contributed by atoms with Crippen molar-refractivity contribution in [2.45, 2.75) is 6.42 Å². The Bertz CT molecular complexity index is 943. The minimum atomic E-state index is -0.936. The third-order valence-corrected chi connectivity index (χ3v) is 4.38. The van der Waals surface area contributed by atoms with Crippen molar-refractivity contribution in [3.05, 3.63) is 64.8 Å².